The first-order valence-electron chi connectivity index (χ1n) is 6.71. The minimum atomic E-state index is 0.491. The van der Waals surface area contributed by atoms with Crippen molar-refractivity contribution in [3.63, 3.8) is 0 Å². The topological polar surface area (TPSA) is 28.2 Å². The summed E-state index contributed by atoms with van der Waals surface area (Å²) in [6.45, 7) is 13.1. The molecular formula is C15H25N3. The Morgan fingerprint density at radius 3 is 2.89 bits per heavy atom. The first kappa shape index (κ1) is 14.7. The fraction of sp³-hybridized carbons (Fsp3) is 0.533. The van der Waals surface area contributed by atoms with Gasteiger partial charge in [0.2, 0.25) is 0 Å². The van der Waals surface area contributed by atoms with Gasteiger partial charge in [-0.05, 0) is 18.1 Å². The van der Waals surface area contributed by atoms with E-state index < -0.39 is 0 Å². The summed E-state index contributed by atoms with van der Waals surface area (Å²) in [6.07, 6.45) is 6.89. The van der Waals surface area contributed by atoms with Gasteiger partial charge in [0.25, 0.3) is 0 Å². The third-order valence-electron chi connectivity index (χ3n) is 2.77. The average molecular weight is 247 g/mol. The Kier molecular flexibility index (Phi) is 6.44. The molecule has 0 aliphatic heterocycles. The number of pyridine rings is 1. The van der Waals surface area contributed by atoms with E-state index in [2.05, 4.69) is 48.6 Å². The highest BCUT2D eigenvalue weighted by Crippen LogP contribution is 2.19. The van der Waals surface area contributed by atoms with Crippen LogP contribution in [0.15, 0.2) is 31.1 Å². The molecule has 18 heavy (non-hydrogen) atoms. The number of hydrogen-bond donors (Lipinski definition) is 1. The lowest BCUT2D eigenvalue weighted by Gasteiger charge is -2.25. The Morgan fingerprint density at radius 2 is 2.28 bits per heavy atom. The maximum atomic E-state index is 4.25. The molecule has 0 radical (unpaired) electrons. The molecule has 1 N–H and O–H groups in total. The van der Waals surface area contributed by atoms with Gasteiger partial charge in [0.15, 0.2) is 0 Å². The van der Waals surface area contributed by atoms with E-state index in [1.54, 1.807) is 0 Å². The largest absolute Gasteiger partial charge is 0.366 e. The SMILES string of the molecule is C=CCN(CCC)c1cnccc1CNC(C)C. The van der Waals surface area contributed by atoms with E-state index in [1.807, 2.05) is 18.5 Å². The Hall–Kier alpha value is -1.35. The van der Waals surface area contributed by atoms with Crippen molar-refractivity contribution < 1.29 is 0 Å². The van der Waals surface area contributed by atoms with Crippen molar-refractivity contribution in [3.05, 3.63) is 36.7 Å². The highest BCUT2D eigenvalue weighted by Gasteiger charge is 2.09. The zero-order valence-corrected chi connectivity index (χ0v) is 11.8. The van der Waals surface area contributed by atoms with Crippen LogP contribution in [0.25, 0.3) is 0 Å². The molecule has 1 aromatic heterocycles. The van der Waals surface area contributed by atoms with Crippen LogP contribution >= 0.6 is 0 Å². The molecule has 1 rings (SSSR count). The minimum Gasteiger partial charge on any atom is -0.366 e. The molecule has 0 atom stereocenters. The van der Waals surface area contributed by atoms with Crippen LogP contribution in [0.2, 0.25) is 0 Å². The van der Waals surface area contributed by atoms with Crippen LogP contribution in [0.4, 0.5) is 5.69 Å². The Balaban J connectivity index is 2.86. The van der Waals surface area contributed by atoms with Crippen molar-refractivity contribution in [1.82, 2.24) is 10.3 Å². The maximum Gasteiger partial charge on any atom is 0.0601 e. The summed E-state index contributed by atoms with van der Waals surface area (Å²) in [6, 6.07) is 2.58. The maximum absolute atomic E-state index is 4.25. The molecule has 1 heterocycles. The van der Waals surface area contributed by atoms with Crippen LogP contribution in [0.5, 0.6) is 0 Å². The molecular weight excluding hydrogens is 222 g/mol. The van der Waals surface area contributed by atoms with E-state index in [9.17, 15) is 0 Å². The zero-order chi connectivity index (χ0) is 13.4. The molecule has 0 bridgehead atoms. The third kappa shape index (κ3) is 4.49. The summed E-state index contributed by atoms with van der Waals surface area (Å²) >= 11 is 0. The quantitative estimate of drug-likeness (QED) is 0.716. The Labute approximate surface area is 111 Å². The molecule has 3 nitrogen and oxygen atoms in total. The van der Waals surface area contributed by atoms with Crippen LogP contribution < -0.4 is 10.2 Å². The lowest BCUT2D eigenvalue weighted by Crippen LogP contribution is -2.28. The van der Waals surface area contributed by atoms with Gasteiger partial charge in [-0.3, -0.25) is 4.98 Å². The average Bonchev–Trinajstić information content (AvgIpc) is 2.36. The molecule has 0 aromatic carbocycles. The van der Waals surface area contributed by atoms with Crippen LogP contribution in [-0.4, -0.2) is 24.1 Å². The lowest BCUT2D eigenvalue weighted by atomic mass is 10.2. The first-order chi connectivity index (χ1) is 8.69. The summed E-state index contributed by atoms with van der Waals surface area (Å²) in [4.78, 5) is 6.58. The predicted molar refractivity (Wildman–Crippen MR) is 78.9 cm³/mol. The van der Waals surface area contributed by atoms with Gasteiger partial charge in [0.1, 0.15) is 0 Å². The van der Waals surface area contributed by atoms with Crippen LogP contribution in [0, 0.1) is 0 Å². The van der Waals surface area contributed by atoms with Gasteiger partial charge in [-0.2, -0.15) is 0 Å². The summed E-state index contributed by atoms with van der Waals surface area (Å²) in [5, 5.41) is 3.46. The van der Waals surface area contributed by atoms with E-state index in [-0.39, 0.29) is 0 Å². The molecule has 1 aromatic rings. The second kappa shape index (κ2) is 7.88. The fourth-order valence-corrected chi connectivity index (χ4v) is 1.90. The molecule has 0 amide bonds. The third-order valence-corrected chi connectivity index (χ3v) is 2.77. The molecule has 0 aliphatic carbocycles. The van der Waals surface area contributed by atoms with E-state index in [0.29, 0.717) is 6.04 Å². The lowest BCUT2D eigenvalue weighted by molar-refractivity contribution is 0.587. The second-order valence-corrected chi connectivity index (χ2v) is 4.77. The molecule has 3 heteroatoms. The number of rotatable bonds is 8. The standard InChI is InChI=1S/C15H25N3/c1-5-9-18(10-6-2)15-12-16-8-7-14(15)11-17-13(3)4/h5,7-8,12-13,17H,1,6,9-11H2,2-4H3. The van der Waals surface area contributed by atoms with E-state index >= 15 is 0 Å². The highest BCUT2D eigenvalue weighted by molar-refractivity contribution is 5.52. The Bertz CT molecular complexity index is 361. The number of nitrogens with one attached hydrogen (secondary N) is 1. The van der Waals surface area contributed by atoms with Crippen molar-refractivity contribution in [2.75, 3.05) is 18.0 Å². The van der Waals surface area contributed by atoms with Crippen molar-refractivity contribution in [2.24, 2.45) is 0 Å². The molecule has 0 spiro atoms. The van der Waals surface area contributed by atoms with Gasteiger partial charge in [-0.25, -0.2) is 0 Å². The monoisotopic (exact) mass is 247 g/mol. The molecule has 0 aliphatic rings. The van der Waals surface area contributed by atoms with Crippen molar-refractivity contribution in [1.29, 1.82) is 0 Å². The number of anilines is 1. The highest BCUT2D eigenvalue weighted by atomic mass is 15.1. The van der Waals surface area contributed by atoms with Gasteiger partial charge < -0.3 is 10.2 Å². The van der Waals surface area contributed by atoms with Crippen molar-refractivity contribution in [2.45, 2.75) is 39.8 Å². The van der Waals surface area contributed by atoms with Crippen LogP contribution in [-0.2, 0) is 6.54 Å². The Morgan fingerprint density at radius 1 is 1.50 bits per heavy atom. The normalized spacial score (nSPS) is 10.7. The summed E-state index contributed by atoms with van der Waals surface area (Å²) in [5.41, 5.74) is 2.52. The van der Waals surface area contributed by atoms with Crippen molar-refractivity contribution >= 4 is 5.69 Å². The van der Waals surface area contributed by atoms with Gasteiger partial charge in [0, 0.05) is 31.9 Å². The van der Waals surface area contributed by atoms with Crippen LogP contribution in [0.3, 0.4) is 0 Å². The van der Waals surface area contributed by atoms with Gasteiger partial charge in [-0.15, -0.1) is 6.58 Å². The van der Waals surface area contributed by atoms with Gasteiger partial charge >= 0.3 is 0 Å². The molecule has 0 unspecified atom stereocenters. The van der Waals surface area contributed by atoms with E-state index in [0.717, 1.165) is 26.1 Å². The molecule has 100 valence electrons. The van der Waals surface area contributed by atoms with E-state index in [1.165, 1.54) is 11.3 Å². The van der Waals surface area contributed by atoms with E-state index in [4.69, 9.17) is 0 Å². The van der Waals surface area contributed by atoms with Gasteiger partial charge in [0.05, 0.1) is 11.9 Å². The molecule has 0 saturated carbocycles. The minimum absolute atomic E-state index is 0.491. The fourth-order valence-electron chi connectivity index (χ4n) is 1.90. The smallest absolute Gasteiger partial charge is 0.0601 e. The van der Waals surface area contributed by atoms with Gasteiger partial charge in [-0.1, -0.05) is 26.8 Å². The summed E-state index contributed by atoms with van der Waals surface area (Å²) < 4.78 is 0. The van der Waals surface area contributed by atoms with Crippen LogP contribution in [0.1, 0.15) is 32.8 Å². The van der Waals surface area contributed by atoms with Crippen molar-refractivity contribution in [3.8, 4) is 0 Å². The number of hydrogen-bond acceptors (Lipinski definition) is 3. The first-order valence-corrected chi connectivity index (χ1v) is 6.71. The molecule has 0 fully saturated rings. The predicted octanol–water partition coefficient (Wildman–Crippen LogP) is 2.98. The zero-order valence-electron chi connectivity index (χ0n) is 11.8. The second-order valence-electron chi connectivity index (χ2n) is 4.77. The number of nitrogens with zero attached hydrogens (tertiary/aromatic N) is 2. The number of aromatic nitrogens is 1. The molecule has 0 saturated heterocycles. The summed E-state index contributed by atoms with van der Waals surface area (Å²) in [5.74, 6) is 0. The summed E-state index contributed by atoms with van der Waals surface area (Å²) in [7, 11) is 0.